The van der Waals surface area contributed by atoms with Crippen LogP contribution >= 0.6 is 34.9 Å². The smallest absolute Gasteiger partial charge is 0.191 e. The molecule has 3 aromatic carbocycles. The van der Waals surface area contributed by atoms with Crippen molar-refractivity contribution in [2.75, 3.05) is 5.73 Å². The van der Waals surface area contributed by atoms with Gasteiger partial charge >= 0.3 is 0 Å². The summed E-state index contributed by atoms with van der Waals surface area (Å²) in [6.07, 6.45) is 0.906. The second-order valence-electron chi connectivity index (χ2n) is 8.46. The van der Waals surface area contributed by atoms with Gasteiger partial charge in [-0.25, -0.2) is 14.4 Å². The van der Waals surface area contributed by atoms with E-state index in [0.29, 0.717) is 22.0 Å². The largest absolute Gasteiger partial charge is 0.383 e. The zero-order valence-electron chi connectivity index (χ0n) is 18.7. The van der Waals surface area contributed by atoms with Crippen LogP contribution in [0.4, 0.5) is 10.2 Å². The molecule has 1 aliphatic rings. The molecule has 6 rings (SSSR count). The van der Waals surface area contributed by atoms with Gasteiger partial charge in [-0.15, -0.1) is 23.1 Å². The van der Waals surface area contributed by atoms with Gasteiger partial charge in [-0.05, 0) is 40.8 Å². The predicted octanol–water partition coefficient (Wildman–Crippen LogP) is 7.82. The fourth-order valence-electron chi connectivity index (χ4n) is 4.47. The van der Waals surface area contributed by atoms with E-state index in [1.54, 1.807) is 23.5 Å². The highest BCUT2D eigenvalue weighted by Crippen LogP contribution is 2.55. The highest BCUT2D eigenvalue weighted by Gasteiger charge is 2.34. The fourth-order valence-corrected chi connectivity index (χ4v) is 8.36. The van der Waals surface area contributed by atoms with Crippen LogP contribution in [0.3, 0.4) is 0 Å². The van der Waals surface area contributed by atoms with E-state index in [0.717, 1.165) is 22.2 Å². The van der Waals surface area contributed by atoms with Crippen LogP contribution in [0.15, 0.2) is 90.1 Å². The second kappa shape index (κ2) is 9.64. The number of hydrogen-bond donors (Lipinski definition) is 1. The van der Waals surface area contributed by atoms with Gasteiger partial charge in [0.1, 0.15) is 16.5 Å². The first-order valence-electron chi connectivity index (χ1n) is 11.4. The summed E-state index contributed by atoms with van der Waals surface area (Å²) in [7, 11) is 0. The summed E-state index contributed by atoms with van der Waals surface area (Å²) in [6.45, 7) is 0. The molecule has 2 N–H and O–H groups in total. The van der Waals surface area contributed by atoms with E-state index in [-0.39, 0.29) is 11.1 Å². The highest BCUT2D eigenvalue weighted by atomic mass is 32.2. The van der Waals surface area contributed by atoms with Crippen LogP contribution in [-0.2, 0) is 12.2 Å². The lowest BCUT2D eigenvalue weighted by Crippen LogP contribution is -2.12. The van der Waals surface area contributed by atoms with E-state index in [1.165, 1.54) is 45.5 Å². The van der Waals surface area contributed by atoms with Crippen LogP contribution < -0.4 is 5.73 Å². The molecule has 0 spiro atoms. The highest BCUT2D eigenvalue weighted by molar-refractivity contribution is 8.00. The van der Waals surface area contributed by atoms with Crippen LogP contribution in [-0.4, -0.2) is 9.97 Å². The number of nitrogen functional groups attached to an aromatic ring is 1. The Kier molecular flexibility index (Phi) is 6.22. The van der Waals surface area contributed by atoms with Crippen molar-refractivity contribution in [2.24, 2.45) is 0 Å². The van der Waals surface area contributed by atoms with Gasteiger partial charge in [0.05, 0.1) is 10.6 Å². The number of aromatic nitrogens is 2. The van der Waals surface area contributed by atoms with E-state index in [4.69, 9.17) is 10.7 Å². The van der Waals surface area contributed by atoms with Crippen LogP contribution in [0.5, 0.6) is 0 Å². The van der Waals surface area contributed by atoms with E-state index in [2.05, 4.69) is 65.6 Å². The number of rotatable bonds is 5. The third kappa shape index (κ3) is 4.56. The van der Waals surface area contributed by atoms with Crippen molar-refractivity contribution in [3.05, 3.63) is 118 Å². The number of fused-ring (bicyclic) bond motifs is 3. The van der Waals surface area contributed by atoms with Gasteiger partial charge in [0.15, 0.2) is 5.16 Å². The Balaban J connectivity index is 1.39. The fraction of sp³-hybridized carbons (Fsp3) is 0.143. The van der Waals surface area contributed by atoms with Gasteiger partial charge in [0.2, 0.25) is 0 Å². The Bertz CT molecular complexity index is 1470. The Morgan fingerprint density at radius 3 is 2.29 bits per heavy atom. The Morgan fingerprint density at radius 2 is 1.57 bits per heavy atom. The van der Waals surface area contributed by atoms with Crippen molar-refractivity contribution in [3.8, 4) is 0 Å². The molecule has 0 saturated carbocycles. The number of halogens is 1. The van der Waals surface area contributed by atoms with Crippen LogP contribution in [0.1, 0.15) is 37.6 Å². The van der Waals surface area contributed by atoms with E-state index in [1.807, 2.05) is 11.8 Å². The Labute approximate surface area is 216 Å². The van der Waals surface area contributed by atoms with E-state index in [9.17, 15) is 4.39 Å². The third-order valence-electron chi connectivity index (χ3n) is 6.17. The van der Waals surface area contributed by atoms with Crippen molar-refractivity contribution in [2.45, 2.75) is 27.8 Å². The van der Waals surface area contributed by atoms with Gasteiger partial charge in [-0.2, -0.15) is 0 Å². The summed E-state index contributed by atoms with van der Waals surface area (Å²) in [5.74, 6) is 0.971. The minimum Gasteiger partial charge on any atom is -0.383 e. The van der Waals surface area contributed by atoms with Crippen molar-refractivity contribution in [1.82, 2.24) is 9.97 Å². The van der Waals surface area contributed by atoms with Crippen molar-refractivity contribution >= 4 is 50.9 Å². The molecule has 0 saturated heterocycles. The molecule has 174 valence electrons. The lowest BCUT2D eigenvalue weighted by atomic mass is 9.98. The molecule has 0 radical (unpaired) electrons. The molecule has 2 atom stereocenters. The summed E-state index contributed by atoms with van der Waals surface area (Å²) in [5, 5.41) is 2.21. The summed E-state index contributed by atoms with van der Waals surface area (Å²) in [5.41, 5.74) is 11.5. The Morgan fingerprint density at radius 1 is 0.886 bits per heavy atom. The third-order valence-corrected chi connectivity index (χ3v) is 9.98. The average Bonchev–Trinajstić information content (AvgIpc) is 3.28. The molecule has 0 amide bonds. The van der Waals surface area contributed by atoms with Crippen molar-refractivity contribution in [1.29, 1.82) is 0 Å². The molecule has 0 unspecified atom stereocenters. The molecule has 35 heavy (non-hydrogen) atoms. The molecule has 3 heterocycles. The second-order valence-corrected chi connectivity index (χ2v) is 11.7. The maximum Gasteiger partial charge on any atom is 0.191 e. The topological polar surface area (TPSA) is 51.8 Å². The lowest BCUT2D eigenvalue weighted by molar-refractivity contribution is 0.627. The van der Waals surface area contributed by atoms with Gasteiger partial charge in [-0.1, -0.05) is 84.6 Å². The van der Waals surface area contributed by atoms with Gasteiger partial charge in [0.25, 0.3) is 0 Å². The molecular weight excluding hydrogens is 494 g/mol. The molecule has 0 aliphatic carbocycles. The minimum atomic E-state index is -0.232. The monoisotopic (exact) mass is 515 g/mol. The molecule has 0 fully saturated rings. The number of thioether (sulfide) groups is 2. The normalized spacial score (nSPS) is 17.4. The zero-order valence-corrected chi connectivity index (χ0v) is 21.2. The van der Waals surface area contributed by atoms with E-state index >= 15 is 0 Å². The molecule has 3 nitrogen and oxygen atoms in total. The van der Waals surface area contributed by atoms with Crippen LogP contribution in [0, 0.1) is 5.82 Å². The average molecular weight is 516 g/mol. The molecule has 0 bridgehead atoms. The molecular formula is C28H22FN3S3. The number of nitrogens with two attached hydrogens (primary N) is 1. The summed E-state index contributed by atoms with van der Waals surface area (Å²) < 4.78 is 13.2. The maximum atomic E-state index is 13.2. The van der Waals surface area contributed by atoms with Crippen LogP contribution in [0.25, 0.3) is 10.2 Å². The van der Waals surface area contributed by atoms with Gasteiger partial charge < -0.3 is 5.73 Å². The number of thiophene rings is 1. The summed E-state index contributed by atoms with van der Waals surface area (Å²) >= 11 is 5.26. The number of benzene rings is 3. The number of anilines is 1. The van der Waals surface area contributed by atoms with Crippen molar-refractivity contribution < 1.29 is 4.39 Å². The van der Waals surface area contributed by atoms with E-state index < -0.39 is 0 Å². The lowest BCUT2D eigenvalue weighted by Gasteiger charge is -2.30. The molecule has 1 aliphatic heterocycles. The zero-order chi connectivity index (χ0) is 23.8. The molecule has 2 aromatic heterocycles. The summed E-state index contributed by atoms with van der Waals surface area (Å²) in [6, 6.07) is 27.9. The molecule has 5 aromatic rings. The molecule has 7 heteroatoms. The minimum absolute atomic E-state index is 0.221. The standard InChI is InChI=1S/C28H22FN3S3/c29-20-13-11-17(12-14-20)16-33-28-31-26(30)23-21-15-22(18-7-3-1-4-8-18)34-24(19-9-5-2-6-10-19)25(21)35-27(23)32-28/h1-14,22,24H,15-16H2,(H2,30,31,32)/t22-,24+/m0/s1. The van der Waals surface area contributed by atoms with Gasteiger partial charge in [-0.3, -0.25) is 0 Å². The van der Waals surface area contributed by atoms with Crippen LogP contribution in [0.2, 0.25) is 0 Å². The Hall–Kier alpha value is -2.87. The van der Waals surface area contributed by atoms with Gasteiger partial charge in [0, 0.05) is 15.9 Å². The first-order chi connectivity index (χ1) is 17.2. The first kappa shape index (κ1) is 22.6. The SMILES string of the molecule is Nc1nc(SCc2ccc(F)cc2)nc2sc3c(c12)C[C@@H](c1ccccc1)S[C@@H]3c1ccccc1. The number of hydrogen-bond acceptors (Lipinski definition) is 6. The quantitative estimate of drug-likeness (QED) is 0.191. The van der Waals surface area contributed by atoms with Crippen molar-refractivity contribution in [3.63, 3.8) is 0 Å². The first-order valence-corrected chi connectivity index (χ1v) is 14.1. The number of nitrogens with zero attached hydrogens (tertiary/aromatic N) is 2. The predicted molar refractivity (Wildman–Crippen MR) is 147 cm³/mol. The summed E-state index contributed by atoms with van der Waals surface area (Å²) in [4.78, 5) is 11.8. The maximum absolute atomic E-state index is 13.2.